The highest BCUT2D eigenvalue weighted by Crippen LogP contribution is 2.37. The van der Waals surface area contributed by atoms with Gasteiger partial charge in [0.1, 0.15) is 11.8 Å². The lowest BCUT2D eigenvalue weighted by molar-refractivity contribution is 0.0428. The van der Waals surface area contributed by atoms with E-state index in [9.17, 15) is 14.9 Å². The van der Waals surface area contributed by atoms with Gasteiger partial charge in [-0.25, -0.2) is 0 Å². The van der Waals surface area contributed by atoms with E-state index >= 15 is 8.78 Å². The van der Waals surface area contributed by atoms with Crippen LogP contribution in [-0.4, -0.2) is 74.0 Å². The minimum atomic E-state index is -3.22. The van der Waals surface area contributed by atoms with Gasteiger partial charge in [-0.05, 0) is 37.4 Å². The van der Waals surface area contributed by atoms with Gasteiger partial charge in [0.05, 0.1) is 43.8 Å². The average molecular weight is 615 g/mol. The van der Waals surface area contributed by atoms with Crippen molar-refractivity contribution in [3.63, 3.8) is 0 Å². The monoisotopic (exact) mass is 614 g/mol. The van der Waals surface area contributed by atoms with E-state index in [1.54, 1.807) is 30.0 Å². The molecule has 0 spiro atoms. The quantitative estimate of drug-likeness (QED) is 0.255. The Morgan fingerprint density at radius 1 is 1.11 bits per heavy atom. The first-order valence-electron chi connectivity index (χ1n) is 14.2. The van der Waals surface area contributed by atoms with E-state index in [2.05, 4.69) is 10.4 Å². The van der Waals surface area contributed by atoms with Gasteiger partial charge in [-0.3, -0.25) is 14.3 Å². The zero-order chi connectivity index (χ0) is 32.1. The Balaban J connectivity index is 1.46. The Hall–Kier alpha value is -5.12. The number of rotatable bonds is 11. The van der Waals surface area contributed by atoms with E-state index in [0.29, 0.717) is 31.1 Å². The molecule has 0 saturated carbocycles. The molecule has 1 aliphatic rings. The van der Waals surface area contributed by atoms with Crippen molar-refractivity contribution in [2.45, 2.75) is 12.0 Å². The highest BCUT2D eigenvalue weighted by molar-refractivity contribution is 6.13. The maximum Gasteiger partial charge on any atom is 0.298 e. The number of carbonyl (C=O) groups excluding carboxylic acids is 2. The smallest absolute Gasteiger partial charge is 0.298 e. The second kappa shape index (κ2) is 13.3. The predicted octanol–water partition coefficient (Wildman–Crippen LogP) is 4.94. The van der Waals surface area contributed by atoms with E-state index in [1.807, 2.05) is 18.0 Å². The molecule has 1 aliphatic heterocycles. The third-order valence-corrected chi connectivity index (χ3v) is 7.69. The topological polar surface area (TPSA) is 113 Å². The summed E-state index contributed by atoms with van der Waals surface area (Å²) < 4.78 is 42.4. The lowest BCUT2D eigenvalue weighted by Crippen LogP contribution is -2.47. The fraction of sp³-hybridized carbons (Fsp3) is 0.273. The van der Waals surface area contributed by atoms with E-state index in [4.69, 9.17) is 9.47 Å². The number of aromatic nitrogens is 2. The van der Waals surface area contributed by atoms with Gasteiger partial charge in [0.15, 0.2) is 5.69 Å². The molecule has 0 bridgehead atoms. The number of fused-ring (bicyclic) bond motifs is 1. The van der Waals surface area contributed by atoms with Gasteiger partial charge in [0.2, 0.25) is 0 Å². The minimum Gasteiger partial charge on any atom is -0.495 e. The number of benzene rings is 3. The SMILES string of the molecule is COCCN(C)CC1CN(c2ccc(C(F)(F)c3ccccc3)cc2)C(=O)c2c(NC(=O)c3ccc(OC)c(C#N)c3)cnn21. The molecule has 1 aromatic heterocycles. The molecule has 0 aliphatic carbocycles. The number of anilines is 2. The molecule has 2 amide bonds. The van der Waals surface area contributed by atoms with Crippen molar-refractivity contribution in [1.82, 2.24) is 14.7 Å². The molecule has 3 aromatic carbocycles. The molecule has 12 heteroatoms. The van der Waals surface area contributed by atoms with Crippen molar-refractivity contribution in [2.75, 3.05) is 57.7 Å². The van der Waals surface area contributed by atoms with Crippen molar-refractivity contribution in [3.05, 3.63) is 107 Å². The van der Waals surface area contributed by atoms with Gasteiger partial charge in [-0.15, -0.1) is 0 Å². The summed E-state index contributed by atoms with van der Waals surface area (Å²) in [5, 5.41) is 16.7. The Morgan fingerprint density at radius 3 is 2.49 bits per heavy atom. The molecule has 45 heavy (non-hydrogen) atoms. The van der Waals surface area contributed by atoms with Crippen molar-refractivity contribution < 1.29 is 27.8 Å². The van der Waals surface area contributed by atoms with Crippen LogP contribution in [0.25, 0.3) is 0 Å². The Bertz CT molecular complexity index is 1720. The summed E-state index contributed by atoms with van der Waals surface area (Å²) in [6.07, 6.45) is 1.41. The highest BCUT2D eigenvalue weighted by Gasteiger charge is 2.38. The number of carbonyl (C=O) groups is 2. The number of hydrogen-bond donors (Lipinski definition) is 1. The number of nitrogens with zero attached hydrogens (tertiary/aromatic N) is 5. The number of amides is 2. The summed E-state index contributed by atoms with van der Waals surface area (Å²) in [6.45, 7) is 1.84. The predicted molar refractivity (Wildman–Crippen MR) is 164 cm³/mol. The van der Waals surface area contributed by atoms with Crippen LogP contribution in [0.2, 0.25) is 0 Å². The van der Waals surface area contributed by atoms with Crippen LogP contribution in [0.3, 0.4) is 0 Å². The van der Waals surface area contributed by atoms with Crippen LogP contribution < -0.4 is 15.0 Å². The number of methoxy groups -OCH3 is 2. The largest absolute Gasteiger partial charge is 0.495 e. The van der Waals surface area contributed by atoms with E-state index in [-0.39, 0.29) is 46.2 Å². The van der Waals surface area contributed by atoms with Gasteiger partial charge in [-0.1, -0.05) is 42.5 Å². The Labute approximate surface area is 259 Å². The Kier molecular flexibility index (Phi) is 9.22. The summed E-state index contributed by atoms with van der Waals surface area (Å²) in [4.78, 5) is 30.8. The van der Waals surface area contributed by atoms with Gasteiger partial charge < -0.3 is 24.6 Å². The normalized spacial score (nSPS) is 14.6. The second-order valence-corrected chi connectivity index (χ2v) is 10.6. The van der Waals surface area contributed by atoms with Crippen LogP contribution in [0.5, 0.6) is 5.75 Å². The van der Waals surface area contributed by atoms with Gasteiger partial charge in [0, 0.05) is 42.6 Å². The van der Waals surface area contributed by atoms with Crippen LogP contribution in [0.4, 0.5) is 20.2 Å². The minimum absolute atomic E-state index is 0.131. The standard InChI is InChI=1S/C33H32F2N6O4/c1-39(15-16-44-2)20-27-21-40(26-12-10-25(11-13-26)33(34,35)24-7-5-4-6-8-24)32(43)30-28(19-37-41(27)30)38-31(42)22-9-14-29(45-3)23(17-22)18-36/h4-14,17,19,27H,15-16,20-21H2,1-3H3,(H,38,42). The summed E-state index contributed by atoms with van der Waals surface area (Å²) in [5.74, 6) is -3.89. The molecule has 4 aromatic rings. The van der Waals surface area contributed by atoms with Crippen LogP contribution in [0.15, 0.2) is 79.0 Å². The van der Waals surface area contributed by atoms with Crippen molar-refractivity contribution in [2.24, 2.45) is 0 Å². The van der Waals surface area contributed by atoms with Gasteiger partial charge in [-0.2, -0.15) is 19.1 Å². The van der Waals surface area contributed by atoms with E-state index in [0.717, 1.165) is 0 Å². The molecule has 1 atom stereocenters. The number of alkyl halides is 2. The molecule has 1 unspecified atom stereocenters. The highest BCUT2D eigenvalue weighted by atomic mass is 19.3. The fourth-order valence-corrected chi connectivity index (χ4v) is 5.29. The van der Waals surface area contributed by atoms with E-state index in [1.165, 1.54) is 72.8 Å². The molecular weight excluding hydrogens is 582 g/mol. The van der Waals surface area contributed by atoms with Crippen LogP contribution >= 0.6 is 0 Å². The van der Waals surface area contributed by atoms with Crippen molar-refractivity contribution in [1.29, 1.82) is 5.26 Å². The van der Waals surface area contributed by atoms with Crippen LogP contribution in [-0.2, 0) is 10.7 Å². The van der Waals surface area contributed by atoms with Gasteiger partial charge >= 0.3 is 0 Å². The first-order chi connectivity index (χ1) is 21.7. The number of nitrogens with one attached hydrogen (secondary N) is 1. The molecule has 5 rings (SSSR count). The molecule has 0 fully saturated rings. The number of hydrogen-bond acceptors (Lipinski definition) is 7. The maximum absolute atomic E-state index is 15.2. The van der Waals surface area contributed by atoms with Gasteiger partial charge in [0.25, 0.3) is 17.7 Å². The van der Waals surface area contributed by atoms with Crippen LogP contribution in [0.1, 0.15) is 43.6 Å². The lowest BCUT2D eigenvalue weighted by Gasteiger charge is -2.36. The third-order valence-electron chi connectivity index (χ3n) is 7.69. The zero-order valence-corrected chi connectivity index (χ0v) is 25.0. The Morgan fingerprint density at radius 2 is 1.82 bits per heavy atom. The second-order valence-electron chi connectivity index (χ2n) is 10.6. The molecule has 232 valence electrons. The zero-order valence-electron chi connectivity index (χ0n) is 25.0. The number of likely N-dealkylation sites (N-methyl/N-ethyl adjacent to an activating group) is 1. The van der Waals surface area contributed by atoms with E-state index < -0.39 is 17.7 Å². The molecule has 1 N–H and O–H groups in total. The number of ether oxygens (including phenoxy) is 2. The molecule has 10 nitrogen and oxygen atoms in total. The average Bonchev–Trinajstić information content (AvgIpc) is 3.49. The first-order valence-corrected chi connectivity index (χ1v) is 14.2. The number of nitriles is 1. The number of halogens is 2. The summed E-state index contributed by atoms with van der Waals surface area (Å²) in [5.41, 5.74) is 0.799. The fourth-order valence-electron chi connectivity index (χ4n) is 5.29. The maximum atomic E-state index is 15.2. The molecule has 0 radical (unpaired) electrons. The summed E-state index contributed by atoms with van der Waals surface area (Å²) in [6, 6.07) is 19.3. The lowest BCUT2D eigenvalue weighted by atomic mass is 10.00. The molecular formula is C33H32F2N6O4. The van der Waals surface area contributed by atoms with Crippen LogP contribution in [0, 0.1) is 11.3 Å². The van der Waals surface area contributed by atoms with Crippen molar-refractivity contribution >= 4 is 23.2 Å². The third kappa shape index (κ3) is 6.40. The summed E-state index contributed by atoms with van der Waals surface area (Å²) in [7, 11) is 4.96. The molecule has 2 heterocycles. The molecule has 0 saturated heterocycles. The first kappa shape index (κ1) is 31.3. The summed E-state index contributed by atoms with van der Waals surface area (Å²) >= 11 is 0. The van der Waals surface area contributed by atoms with Crippen molar-refractivity contribution in [3.8, 4) is 11.8 Å².